The van der Waals surface area contributed by atoms with Gasteiger partial charge in [-0.1, -0.05) is 43.0 Å². The van der Waals surface area contributed by atoms with E-state index in [1.165, 1.54) is 43.4 Å². The first-order chi connectivity index (χ1) is 8.56. The van der Waals surface area contributed by atoms with Gasteiger partial charge < -0.3 is 5.32 Å². The molecule has 0 saturated heterocycles. The summed E-state index contributed by atoms with van der Waals surface area (Å²) in [6, 6.07) is 2.27. The van der Waals surface area contributed by atoms with Gasteiger partial charge in [-0.25, -0.2) is 0 Å². The van der Waals surface area contributed by atoms with Crippen LogP contribution in [0.4, 0.5) is 0 Å². The fourth-order valence-corrected chi connectivity index (χ4v) is 4.55. The van der Waals surface area contributed by atoms with Gasteiger partial charge in [0.2, 0.25) is 0 Å². The van der Waals surface area contributed by atoms with Crippen molar-refractivity contribution in [3.05, 3.63) is 20.3 Å². The normalized spacial score (nSPS) is 20.2. The zero-order chi connectivity index (χ0) is 13.2. The zero-order valence-corrected chi connectivity index (χ0v) is 13.4. The molecule has 0 spiro atoms. The standard InChI is InChI=1S/C14H21Cl2NS/c1-3-14(6-4-5-7-14)9-17-10(2)11-8-12(15)18-13(11)16/h8,10,17H,3-7,9H2,1-2H3. The number of hydrogen-bond donors (Lipinski definition) is 1. The predicted octanol–water partition coefficient (Wildman–Crippen LogP) is 5.68. The van der Waals surface area contributed by atoms with E-state index in [9.17, 15) is 0 Å². The van der Waals surface area contributed by atoms with E-state index in [2.05, 4.69) is 19.2 Å². The van der Waals surface area contributed by atoms with Gasteiger partial charge in [0.25, 0.3) is 0 Å². The lowest BCUT2D eigenvalue weighted by atomic mass is 9.83. The molecular weight excluding hydrogens is 285 g/mol. The third-order valence-electron chi connectivity index (χ3n) is 4.35. The molecule has 0 radical (unpaired) electrons. The monoisotopic (exact) mass is 305 g/mol. The smallest absolute Gasteiger partial charge is 0.0991 e. The Hall–Kier alpha value is 0.240. The lowest BCUT2D eigenvalue weighted by Crippen LogP contribution is -2.33. The highest BCUT2D eigenvalue weighted by atomic mass is 35.5. The molecular formula is C14H21Cl2NS. The Bertz CT molecular complexity index is 396. The Morgan fingerprint density at radius 3 is 2.56 bits per heavy atom. The van der Waals surface area contributed by atoms with Gasteiger partial charge in [-0.05, 0) is 43.2 Å². The zero-order valence-electron chi connectivity index (χ0n) is 11.1. The van der Waals surface area contributed by atoms with Crippen molar-refractivity contribution in [2.75, 3.05) is 6.54 Å². The quantitative estimate of drug-likeness (QED) is 0.738. The van der Waals surface area contributed by atoms with Crippen LogP contribution in [0.15, 0.2) is 6.07 Å². The summed E-state index contributed by atoms with van der Waals surface area (Å²) < 4.78 is 1.59. The number of hydrogen-bond acceptors (Lipinski definition) is 2. The molecule has 1 fully saturated rings. The van der Waals surface area contributed by atoms with Crippen LogP contribution in [0.2, 0.25) is 8.67 Å². The molecule has 1 aliphatic rings. The first kappa shape index (κ1) is 14.6. The summed E-state index contributed by atoms with van der Waals surface area (Å²) >= 11 is 13.6. The molecule has 1 heterocycles. The Morgan fingerprint density at radius 1 is 1.39 bits per heavy atom. The van der Waals surface area contributed by atoms with E-state index >= 15 is 0 Å². The fraction of sp³-hybridized carbons (Fsp3) is 0.714. The average Bonchev–Trinajstić information content (AvgIpc) is 2.94. The van der Waals surface area contributed by atoms with Crippen LogP contribution in [0.5, 0.6) is 0 Å². The Balaban J connectivity index is 1.95. The highest BCUT2D eigenvalue weighted by Gasteiger charge is 2.32. The molecule has 1 aromatic rings. The minimum absolute atomic E-state index is 0.283. The second kappa shape index (κ2) is 6.13. The molecule has 2 rings (SSSR count). The first-order valence-corrected chi connectivity index (χ1v) is 8.32. The SMILES string of the molecule is CCC1(CNC(C)c2cc(Cl)sc2Cl)CCCC1. The van der Waals surface area contributed by atoms with Crippen LogP contribution in [0, 0.1) is 5.41 Å². The summed E-state index contributed by atoms with van der Waals surface area (Å²) in [6.07, 6.45) is 6.76. The Kier molecular flexibility index (Phi) is 4.99. The molecule has 1 aromatic heterocycles. The molecule has 102 valence electrons. The van der Waals surface area contributed by atoms with Crippen LogP contribution < -0.4 is 5.32 Å². The van der Waals surface area contributed by atoms with Crippen LogP contribution in [-0.4, -0.2) is 6.54 Å². The molecule has 1 saturated carbocycles. The molecule has 0 bridgehead atoms. The largest absolute Gasteiger partial charge is 0.310 e. The summed E-state index contributed by atoms with van der Waals surface area (Å²) in [4.78, 5) is 0. The molecule has 18 heavy (non-hydrogen) atoms. The first-order valence-electron chi connectivity index (χ1n) is 6.74. The lowest BCUT2D eigenvalue weighted by molar-refractivity contribution is 0.259. The Labute approximate surface area is 124 Å². The van der Waals surface area contributed by atoms with Crippen LogP contribution >= 0.6 is 34.5 Å². The van der Waals surface area contributed by atoms with Crippen molar-refractivity contribution in [2.24, 2.45) is 5.41 Å². The molecule has 0 aromatic carbocycles. The van der Waals surface area contributed by atoms with E-state index in [-0.39, 0.29) is 6.04 Å². The van der Waals surface area contributed by atoms with Crippen LogP contribution in [-0.2, 0) is 0 Å². The molecule has 1 unspecified atom stereocenters. The third kappa shape index (κ3) is 3.22. The highest BCUT2D eigenvalue weighted by molar-refractivity contribution is 7.20. The van der Waals surface area contributed by atoms with Crippen molar-refractivity contribution in [1.82, 2.24) is 5.32 Å². The summed E-state index contributed by atoms with van der Waals surface area (Å²) in [5.41, 5.74) is 1.65. The van der Waals surface area contributed by atoms with Crippen molar-refractivity contribution in [3.63, 3.8) is 0 Å². The maximum atomic E-state index is 6.20. The number of nitrogens with one attached hydrogen (secondary N) is 1. The molecule has 1 atom stereocenters. The molecule has 0 aliphatic heterocycles. The van der Waals surface area contributed by atoms with Gasteiger partial charge in [-0.3, -0.25) is 0 Å². The van der Waals surface area contributed by atoms with Gasteiger partial charge in [-0.2, -0.15) is 0 Å². The third-order valence-corrected chi connectivity index (χ3v) is 5.87. The number of rotatable bonds is 5. The van der Waals surface area contributed by atoms with E-state index in [0.29, 0.717) is 5.41 Å². The molecule has 1 aliphatic carbocycles. The van der Waals surface area contributed by atoms with Gasteiger partial charge in [0.05, 0.1) is 8.67 Å². The molecule has 1 N–H and O–H groups in total. The van der Waals surface area contributed by atoms with Gasteiger partial charge >= 0.3 is 0 Å². The average molecular weight is 306 g/mol. The van der Waals surface area contributed by atoms with E-state index in [1.807, 2.05) is 6.07 Å². The van der Waals surface area contributed by atoms with Crippen LogP contribution in [0.25, 0.3) is 0 Å². The van der Waals surface area contributed by atoms with E-state index in [4.69, 9.17) is 23.2 Å². The number of halogens is 2. The van der Waals surface area contributed by atoms with Gasteiger partial charge in [0, 0.05) is 12.6 Å². The van der Waals surface area contributed by atoms with Gasteiger partial charge in [0.1, 0.15) is 0 Å². The fourth-order valence-electron chi connectivity index (χ4n) is 2.91. The molecule has 4 heteroatoms. The van der Waals surface area contributed by atoms with Crippen LogP contribution in [0.3, 0.4) is 0 Å². The second-order valence-electron chi connectivity index (χ2n) is 5.44. The highest BCUT2D eigenvalue weighted by Crippen LogP contribution is 2.41. The van der Waals surface area contributed by atoms with Crippen molar-refractivity contribution >= 4 is 34.5 Å². The summed E-state index contributed by atoms with van der Waals surface area (Å²) in [7, 11) is 0. The minimum atomic E-state index is 0.283. The van der Waals surface area contributed by atoms with E-state index < -0.39 is 0 Å². The van der Waals surface area contributed by atoms with Gasteiger partial charge in [0.15, 0.2) is 0 Å². The second-order valence-corrected chi connectivity index (χ2v) is 7.73. The maximum absolute atomic E-state index is 6.20. The molecule has 1 nitrogen and oxygen atoms in total. The maximum Gasteiger partial charge on any atom is 0.0991 e. The summed E-state index contributed by atoms with van der Waals surface area (Å²) in [6.45, 7) is 5.57. The van der Waals surface area contributed by atoms with Crippen molar-refractivity contribution in [1.29, 1.82) is 0 Å². The predicted molar refractivity (Wildman–Crippen MR) is 81.9 cm³/mol. The van der Waals surface area contributed by atoms with Crippen molar-refractivity contribution in [3.8, 4) is 0 Å². The summed E-state index contributed by atoms with van der Waals surface area (Å²) in [5, 5.41) is 3.65. The van der Waals surface area contributed by atoms with E-state index in [1.54, 1.807) is 0 Å². The minimum Gasteiger partial charge on any atom is -0.310 e. The topological polar surface area (TPSA) is 12.0 Å². The Morgan fingerprint density at radius 2 is 2.06 bits per heavy atom. The lowest BCUT2D eigenvalue weighted by Gasteiger charge is -2.29. The summed E-state index contributed by atoms with van der Waals surface area (Å²) in [5.74, 6) is 0. The van der Waals surface area contributed by atoms with Crippen molar-refractivity contribution in [2.45, 2.75) is 52.0 Å². The van der Waals surface area contributed by atoms with Crippen molar-refractivity contribution < 1.29 is 0 Å². The van der Waals surface area contributed by atoms with Crippen LogP contribution in [0.1, 0.15) is 57.6 Å². The van der Waals surface area contributed by atoms with E-state index in [0.717, 1.165) is 20.8 Å². The number of thiophene rings is 1. The van der Waals surface area contributed by atoms with Gasteiger partial charge in [-0.15, -0.1) is 11.3 Å². The molecule has 0 amide bonds.